The molecule has 6 heteroatoms. The van der Waals surface area contributed by atoms with Gasteiger partial charge >= 0.3 is 0 Å². The van der Waals surface area contributed by atoms with E-state index in [2.05, 4.69) is 19.2 Å². The third-order valence-corrected chi connectivity index (χ3v) is 4.08. The van der Waals surface area contributed by atoms with Gasteiger partial charge in [-0.15, -0.1) is 0 Å². The average molecular weight is 378 g/mol. The molecular formula is C20H24ClNO4. The van der Waals surface area contributed by atoms with E-state index in [0.29, 0.717) is 45.9 Å². The Morgan fingerprint density at radius 1 is 1.27 bits per heavy atom. The van der Waals surface area contributed by atoms with Crippen LogP contribution in [-0.2, 0) is 6.61 Å². The number of methoxy groups -OCH3 is 1. The van der Waals surface area contributed by atoms with Crippen molar-refractivity contribution in [3.05, 3.63) is 52.5 Å². The summed E-state index contributed by atoms with van der Waals surface area (Å²) in [6.45, 7) is 4.65. The summed E-state index contributed by atoms with van der Waals surface area (Å²) in [4.78, 5) is 12.5. The van der Waals surface area contributed by atoms with Crippen molar-refractivity contribution in [1.29, 1.82) is 0 Å². The van der Waals surface area contributed by atoms with E-state index in [1.54, 1.807) is 36.4 Å². The van der Waals surface area contributed by atoms with E-state index < -0.39 is 0 Å². The third-order valence-electron chi connectivity index (χ3n) is 3.80. The number of hydrogen-bond donors (Lipinski definition) is 2. The molecule has 0 radical (unpaired) electrons. The minimum Gasteiger partial charge on any atom is -0.493 e. The molecule has 2 aromatic carbocycles. The summed E-state index contributed by atoms with van der Waals surface area (Å²) in [5.41, 5.74) is 1.67. The molecule has 1 amide bonds. The number of aliphatic hydroxyl groups excluding tert-OH is 1. The molecule has 2 N–H and O–H groups in total. The topological polar surface area (TPSA) is 67.8 Å². The van der Waals surface area contributed by atoms with Gasteiger partial charge in [0.05, 0.1) is 25.3 Å². The lowest BCUT2D eigenvalue weighted by Gasteiger charge is -2.15. The Bertz CT molecular complexity index is 761. The molecule has 2 rings (SSSR count). The zero-order chi connectivity index (χ0) is 19.1. The lowest BCUT2D eigenvalue weighted by Crippen LogP contribution is -2.13. The summed E-state index contributed by atoms with van der Waals surface area (Å²) in [5, 5.41) is 12.3. The number of ether oxygens (including phenoxy) is 2. The monoisotopic (exact) mass is 377 g/mol. The van der Waals surface area contributed by atoms with Crippen LogP contribution in [0.15, 0.2) is 36.4 Å². The number of carbonyl (C=O) groups excluding carboxylic acids is 1. The number of halogens is 1. The first-order chi connectivity index (χ1) is 12.4. The molecule has 2 aromatic rings. The SMILES string of the molecule is COc1cc(C(=O)Nc2cccc(CO)c2)cc(Cl)c1OCCC(C)C. The van der Waals surface area contributed by atoms with E-state index in [9.17, 15) is 9.90 Å². The van der Waals surface area contributed by atoms with Crippen molar-refractivity contribution < 1.29 is 19.4 Å². The standard InChI is InChI=1S/C20H24ClNO4/c1-13(2)7-8-26-19-17(21)10-15(11-18(19)25-3)20(24)22-16-6-4-5-14(9-16)12-23/h4-6,9-11,13,23H,7-8,12H2,1-3H3,(H,22,24). The van der Waals surface area contributed by atoms with Crippen molar-refractivity contribution >= 4 is 23.2 Å². The Morgan fingerprint density at radius 3 is 2.69 bits per heavy atom. The van der Waals surface area contributed by atoms with Crippen LogP contribution in [0.25, 0.3) is 0 Å². The van der Waals surface area contributed by atoms with Gasteiger partial charge in [-0.05, 0) is 42.2 Å². The van der Waals surface area contributed by atoms with Crippen LogP contribution >= 0.6 is 11.6 Å². The van der Waals surface area contributed by atoms with Crippen LogP contribution < -0.4 is 14.8 Å². The Kier molecular flexibility index (Phi) is 7.30. The molecule has 0 spiro atoms. The second kappa shape index (κ2) is 9.46. The molecule has 0 aliphatic rings. The first-order valence-corrected chi connectivity index (χ1v) is 8.84. The van der Waals surface area contributed by atoms with Crippen molar-refractivity contribution in [3.63, 3.8) is 0 Å². The van der Waals surface area contributed by atoms with Crippen molar-refractivity contribution in [3.8, 4) is 11.5 Å². The van der Waals surface area contributed by atoms with E-state index in [0.717, 1.165) is 6.42 Å². The van der Waals surface area contributed by atoms with Crippen molar-refractivity contribution in [2.45, 2.75) is 26.9 Å². The van der Waals surface area contributed by atoms with Gasteiger partial charge in [0.1, 0.15) is 0 Å². The number of amides is 1. The summed E-state index contributed by atoms with van der Waals surface area (Å²) < 4.78 is 11.1. The van der Waals surface area contributed by atoms with E-state index in [4.69, 9.17) is 21.1 Å². The second-order valence-corrected chi connectivity index (χ2v) is 6.74. The largest absolute Gasteiger partial charge is 0.493 e. The van der Waals surface area contributed by atoms with Crippen molar-refractivity contribution in [2.75, 3.05) is 19.0 Å². The first kappa shape index (κ1) is 20.1. The highest BCUT2D eigenvalue weighted by molar-refractivity contribution is 6.32. The smallest absolute Gasteiger partial charge is 0.255 e. The maximum absolute atomic E-state index is 12.5. The summed E-state index contributed by atoms with van der Waals surface area (Å²) in [5.74, 6) is 1.04. The molecule has 0 aliphatic carbocycles. The van der Waals surface area contributed by atoms with E-state index in [1.165, 1.54) is 7.11 Å². The predicted octanol–water partition coefficient (Wildman–Crippen LogP) is 4.52. The number of benzene rings is 2. The van der Waals surface area contributed by atoms with Crippen LogP contribution in [-0.4, -0.2) is 24.7 Å². The Morgan fingerprint density at radius 2 is 2.04 bits per heavy atom. The molecule has 0 heterocycles. The molecule has 0 atom stereocenters. The lowest BCUT2D eigenvalue weighted by atomic mass is 10.1. The minimum atomic E-state index is -0.325. The molecule has 0 saturated heterocycles. The number of anilines is 1. The number of nitrogens with one attached hydrogen (secondary N) is 1. The number of aliphatic hydroxyl groups is 1. The highest BCUT2D eigenvalue weighted by atomic mass is 35.5. The van der Waals surface area contributed by atoms with Gasteiger partial charge in [-0.25, -0.2) is 0 Å². The maximum atomic E-state index is 12.5. The fourth-order valence-corrected chi connectivity index (χ4v) is 2.60. The van der Waals surface area contributed by atoms with Crippen LogP contribution in [0.4, 0.5) is 5.69 Å². The lowest BCUT2D eigenvalue weighted by molar-refractivity contribution is 0.102. The first-order valence-electron chi connectivity index (χ1n) is 8.46. The molecule has 0 fully saturated rings. The van der Waals surface area contributed by atoms with Gasteiger partial charge in [0.2, 0.25) is 0 Å². The van der Waals surface area contributed by atoms with Crippen molar-refractivity contribution in [2.24, 2.45) is 5.92 Å². The van der Waals surface area contributed by atoms with E-state index >= 15 is 0 Å². The molecule has 0 aromatic heterocycles. The Hall–Kier alpha value is -2.24. The molecule has 0 aliphatic heterocycles. The van der Waals surface area contributed by atoms with Gasteiger partial charge in [-0.2, -0.15) is 0 Å². The maximum Gasteiger partial charge on any atom is 0.255 e. The number of carbonyl (C=O) groups is 1. The zero-order valence-electron chi connectivity index (χ0n) is 15.2. The van der Waals surface area contributed by atoms with Gasteiger partial charge in [0.25, 0.3) is 5.91 Å². The third kappa shape index (κ3) is 5.38. The fraction of sp³-hybridized carbons (Fsp3) is 0.350. The summed E-state index contributed by atoms with van der Waals surface area (Å²) >= 11 is 6.31. The van der Waals surface area contributed by atoms with Gasteiger partial charge in [-0.3, -0.25) is 4.79 Å². The molecule has 0 saturated carbocycles. The van der Waals surface area contributed by atoms with Gasteiger partial charge in [-0.1, -0.05) is 37.6 Å². The molecule has 0 unspecified atom stereocenters. The fourth-order valence-electron chi connectivity index (χ4n) is 2.34. The van der Waals surface area contributed by atoms with Crippen LogP contribution in [0.3, 0.4) is 0 Å². The number of rotatable bonds is 8. The van der Waals surface area contributed by atoms with Crippen LogP contribution in [0.1, 0.15) is 36.2 Å². The molecule has 5 nitrogen and oxygen atoms in total. The molecule has 140 valence electrons. The summed E-state index contributed by atoms with van der Waals surface area (Å²) in [6, 6.07) is 10.2. The zero-order valence-corrected chi connectivity index (χ0v) is 16.0. The van der Waals surface area contributed by atoms with Crippen LogP contribution in [0.5, 0.6) is 11.5 Å². The molecular weight excluding hydrogens is 354 g/mol. The van der Waals surface area contributed by atoms with E-state index in [-0.39, 0.29) is 12.5 Å². The Balaban J connectivity index is 2.18. The Labute approximate surface area is 158 Å². The normalized spacial score (nSPS) is 10.7. The molecule has 26 heavy (non-hydrogen) atoms. The van der Waals surface area contributed by atoms with Gasteiger partial charge in [0, 0.05) is 11.3 Å². The number of hydrogen-bond acceptors (Lipinski definition) is 4. The highest BCUT2D eigenvalue weighted by Crippen LogP contribution is 2.36. The summed E-state index contributed by atoms with van der Waals surface area (Å²) in [7, 11) is 1.51. The van der Waals surface area contributed by atoms with Crippen LogP contribution in [0.2, 0.25) is 5.02 Å². The predicted molar refractivity (Wildman–Crippen MR) is 103 cm³/mol. The summed E-state index contributed by atoms with van der Waals surface area (Å²) in [6.07, 6.45) is 0.892. The highest BCUT2D eigenvalue weighted by Gasteiger charge is 2.16. The second-order valence-electron chi connectivity index (χ2n) is 6.33. The van der Waals surface area contributed by atoms with Crippen LogP contribution in [0, 0.1) is 5.92 Å². The van der Waals surface area contributed by atoms with Gasteiger partial charge in [0.15, 0.2) is 11.5 Å². The van der Waals surface area contributed by atoms with Crippen molar-refractivity contribution in [1.82, 2.24) is 0 Å². The minimum absolute atomic E-state index is 0.0915. The average Bonchev–Trinajstić information content (AvgIpc) is 2.62. The molecule has 0 bridgehead atoms. The van der Waals surface area contributed by atoms with E-state index in [1.807, 2.05) is 0 Å². The quantitative estimate of drug-likeness (QED) is 0.709. The van der Waals surface area contributed by atoms with Gasteiger partial charge < -0.3 is 19.9 Å².